The first-order chi connectivity index (χ1) is 14.2. The van der Waals surface area contributed by atoms with Crippen molar-refractivity contribution in [3.63, 3.8) is 0 Å². The van der Waals surface area contributed by atoms with Crippen LogP contribution in [0, 0.1) is 0 Å². The highest BCUT2D eigenvalue weighted by molar-refractivity contribution is 8.00. The quantitative estimate of drug-likeness (QED) is 0.362. The van der Waals surface area contributed by atoms with Crippen LogP contribution in [0.4, 0.5) is 0 Å². The van der Waals surface area contributed by atoms with E-state index >= 15 is 0 Å². The molecule has 0 aliphatic heterocycles. The molecule has 1 amide bonds. The van der Waals surface area contributed by atoms with Gasteiger partial charge in [-0.1, -0.05) is 65.0 Å². The largest absolute Gasteiger partial charge is 0.355 e. The summed E-state index contributed by atoms with van der Waals surface area (Å²) in [7, 11) is 0. The molecule has 0 aliphatic carbocycles. The number of hydrogen-bond acceptors (Lipinski definition) is 6. The van der Waals surface area contributed by atoms with Gasteiger partial charge in [-0.15, -0.1) is 5.10 Å². The fraction of sp³-hybridized carbons (Fsp3) is 0.150. The number of carbonyl (C=O) groups is 1. The number of hydrogen-bond donors (Lipinski definition) is 1. The maximum Gasteiger partial charge on any atom is 0.230 e. The molecule has 4 aromatic rings. The van der Waals surface area contributed by atoms with E-state index in [0.717, 1.165) is 12.1 Å². The molecular weight excluding hydrogens is 408 g/mol. The molecule has 1 N–H and O–H groups in total. The van der Waals surface area contributed by atoms with Crippen LogP contribution in [-0.2, 0) is 11.2 Å². The zero-order valence-electron chi connectivity index (χ0n) is 15.3. The van der Waals surface area contributed by atoms with Gasteiger partial charge >= 0.3 is 0 Å². The number of carbonyl (C=O) groups excluding carboxylic acids is 1. The number of benzene rings is 2. The minimum absolute atomic E-state index is 0.0556. The molecule has 0 atom stereocenters. The van der Waals surface area contributed by atoms with Crippen molar-refractivity contribution in [2.24, 2.45) is 0 Å². The van der Waals surface area contributed by atoms with Crippen molar-refractivity contribution in [2.75, 3.05) is 12.3 Å². The molecule has 7 nitrogen and oxygen atoms in total. The summed E-state index contributed by atoms with van der Waals surface area (Å²) < 4.78 is 1.60. The molecule has 4 rings (SSSR count). The second kappa shape index (κ2) is 9.02. The maximum atomic E-state index is 12.2. The van der Waals surface area contributed by atoms with Gasteiger partial charge in [0.15, 0.2) is 11.2 Å². The smallest absolute Gasteiger partial charge is 0.230 e. The van der Waals surface area contributed by atoms with Gasteiger partial charge in [0, 0.05) is 11.6 Å². The molecule has 146 valence electrons. The Balaban J connectivity index is 1.40. The third-order valence-corrected chi connectivity index (χ3v) is 5.39. The summed E-state index contributed by atoms with van der Waals surface area (Å²) in [5.41, 5.74) is 3.06. The van der Waals surface area contributed by atoms with Crippen molar-refractivity contribution in [2.45, 2.75) is 11.4 Å². The van der Waals surface area contributed by atoms with E-state index in [1.165, 1.54) is 23.7 Å². The van der Waals surface area contributed by atoms with E-state index in [9.17, 15) is 4.79 Å². The molecule has 0 radical (unpaired) electrons. The summed E-state index contributed by atoms with van der Waals surface area (Å²) in [4.78, 5) is 20.7. The van der Waals surface area contributed by atoms with Crippen molar-refractivity contribution in [3.05, 3.63) is 71.5 Å². The van der Waals surface area contributed by atoms with Crippen LogP contribution >= 0.6 is 23.4 Å². The molecule has 29 heavy (non-hydrogen) atoms. The highest BCUT2D eigenvalue weighted by Crippen LogP contribution is 2.24. The molecule has 0 aliphatic rings. The lowest BCUT2D eigenvalue weighted by atomic mass is 10.1. The van der Waals surface area contributed by atoms with Gasteiger partial charge < -0.3 is 5.32 Å². The van der Waals surface area contributed by atoms with Crippen LogP contribution in [0.15, 0.2) is 66.0 Å². The molecule has 0 spiro atoms. The van der Waals surface area contributed by atoms with Crippen LogP contribution in [-0.4, -0.2) is 43.2 Å². The number of halogens is 1. The van der Waals surface area contributed by atoms with Crippen LogP contribution in [0.1, 0.15) is 5.56 Å². The zero-order valence-corrected chi connectivity index (χ0v) is 16.9. The first-order valence-corrected chi connectivity index (χ1v) is 10.3. The number of amides is 1. The van der Waals surface area contributed by atoms with Crippen LogP contribution in [0.3, 0.4) is 0 Å². The average molecular weight is 425 g/mol. The Bertz CT molecular complexity index is 1130. The Morgan fingerprint density at radius 1 is 1.10 bits per heavy atom. The summed E-state index contributed by atoms with van der Waals surface area (Å²) in [6.45, 7) is 0.591. The van der Waals surface area contributed by atoms with Gasteiger partial charge in [-0.2, -0.15) is 4.68 Å². The molecule has 2 aromatic heterocycles. The predicted octanol–water partition coefficient (Wildman–Crippen LogP) is 3.31. The van der Waals surface area contributed by atoms with E-state index in [1.54, 1.807) is 16.8 Å². The van der Waals surface area contributed by atoms with Gasteiger partial charge in [0.05, 0.1) is 11.4 Å². The fourth-order valence-electron chi connectivity index (χ4n) is 2.79. The minimum atomic E-state index is -0.0556. The second-order valence-corrected chi connectivity index (χ2v) is 7.61. The molecular formula is C20H17ClN6OS. The van der Waals surface area contributed by atoms with E-state index in [-0.39, 0.29) is 11.7 Å². The monoisotopic (exact) mass is 424 g/mol. The molecule has 0 saturated heterocycles. The van der Waals surface area contributed by atoms with E-state index in [4.69, 9.17) is 11.6 Å². The summed E-state index contributed by atoms with van der Waals surface area (Å²) in [5, 5.41) is 12.5. The second-order valence-electron chi connectivity index (χ2n) is 6.21. The molecule has 2 heterocycles. The summed E-state index contributed by atoms with van der Waals surface area (Å²) in [6.07, 6.45) is 2.24. The Kier molecular flexibility index (Phi) is 6.02. The van der Waals surface area contributed by atoms with E-state index in [1.807, 2.05) is 42.5 Å². The Labute approximate surface area is 176 Å². The van der Waals surface area contributed by atoms with Crippen LogP contribution in [0.25, 0.3) is 16.9 Å². The summed E-state index contributed by atoms with van der Waals surface area (Å²) in [6, 6.07) is 17.3. The molecule has 9 heteroatoms. The minimum Gasteiger partial charge on any atom is -0.355 e. The Morgan fingerprint density at radius 3 is 2.79 bits per heavy atom. The van der Waals surface area contributed by atoms with Gasteiger partial charge in [-0.05, 0) is 30.2 Å². The van der Waals surface area contributed by atoms with Gasteiger partial charge in [0.25, 0.3) is 0 Å². The third kappa shape index (κ3) is 4.72. The van der Waals surface area contributed by atoms with Crippen LogP contribution in [0.2, 0.25) is 5.02 Å². The molecule has 0 bridgehead atoms. The van der Waals surface area contributed by atoms with Crippen LogP contribution < -0.4 is 5.32 Å². The van der Waals surface area contributed by atoms with E-state index < -0.39 is 0 Å². The molecule has 2 aromatic carbocycles. The van der Waals surface area contributed by atoms with Crippen molar-refractivity contribution >= 4 is 40.4 Å². The molecule has 0 unspecified atom stereocenters. The average Bonchev–Trinajstić information content (AvgIpc) is 3.18. The maximum absolute atomic E-state index is 12.2. The lowest BCUT2D eigenvalue weighted by Gasteiger charge is -2.05. The first kappa shape index (κ1) is 19.4. The highest BCUT2D eigenvalue weighted by Gasteiger charge is 2.14. The normalized spacial score (nSPS) is 10.9. The number of aromatic nitrogens is 5. The SMILES string of the molecule is O=C(CSc1ncnc2c1nnn2-c1cccc(Cl)c1)NCCc1ccccc1. The summed E-state index contributed by atoms with van der Waals surface area (Å²) in [5.74, 6) is 0.185. The number of rotatable bonds is 7. The van der Waals surface area contributed by atoms with Crippen molar-refractivity contribution in [3.8, 4) is 5.69 Å². The zero-order chi connectivity index (χ0) is 20.1. The number of fused-ring (bicyclic) bond motifs is 1. The first-order valence-electron chi connectivity index (χ1n) is 8.96. The Hall–Kier alpha value is -2.97. The predicted molar refractivity (Wildman–Crippen MR) is 113 cm³/mol. The number of nitrogens with zero attached hydrogens (tertiary/aromatic N) is 5. The number of nitrogens with one attached hydrogen (secondary N) is 1. The van der Waals surface area contributed by atoms with Crippen molar-refractivity contribution in [1.82, 2.24) is 30.3 Å². The summed E-state index contributed by atoms with van der Waals surface area (Å²) >= 11 is 7.38. The van der Waals surface area contributed by atoms with Gasteiger partial charge in [0.1, 0.15) is 11.4 Å². The highest BCUT2D eigenvalue weighted by atomic mass is 35.5. The number of thioether (sulfide) groups is 1. The van der Waals surface area contributed by atoms with Gasteiger partial charge in [-0.25, -0.2) is 9.97 Å². The fourth-order valence-corrected chi connectivity index (χ4v) is 3.74. The van der Waals surface area contributed by atoms with Gasteiger partial charge in [-0.3, -0.25) is 4.79 Å². The molecule has 0 saturated carbocycles. The van der Waals surface area contributed by atoms with Crippen molar-refractivity contribution < 1.29 is 4.79 Å². The third-order valence-electron chi connectivity index (χ3n) is 4.18. The van der Waals surface area contributed by atoms with E-state index in [0.29, 0.717) is 27.8 Å². The van der Waals surface area contributed by atoms with Crippen molar-refractivity contribution in [1.29, 1.82) is 0 Å². The lowest BCUT2D eigenvalue weighted by molar-refractivity contribution is -0.118. The lowest BCUT2D eigenvalue weighted by Crippen LogP contribution is -2.27. The van der Waals surface area contributed by atoms with Gasteiger partial charge in [0.2, 0.25) is 5.91 Å². The standard InChI is InChI=1S/C20H17ClN6OS/c21-15-7-4-8-16(11-15)27-19-18(25-26-27)20(24-13-23-19)29-12-17(28)22-10-9-14-5-2-1-3-6-14/h1-8,11,13H,9-10,12H2,(H,22,28). The Morgan fingerprint density at radius 2 is 1.97 bits per heavy atom. The van der Waals surface area contributed by atoms with E-state index in [2.05, 4.69) is 25.6 Å². The molecule has 0 fully saturated rings. The topological polar surface area (TPSA) is 85.6 Å². The van der Waals surface area contributed by atoms with Crippen LogP contribution in [0.5, 0.6) is 0 Å².